The number of ether oxygens (including phenoxy) is 1. The topological polar surface area (TPSA) is 39.4 Å². The number of methoxy groups -OCH3 is 1. The lowest BCUT2D eigenvalue weighted by molar-refractivity contribution is 0.0563. The summed E-state index contributed by atoms with van der Waals surface area (Å²) in [6, 6.07) is 0. The van der Waals surface area contributed by atoms with E-state index in [1.54, 1.807) is 0 Å². The Balaban J connectivity index is 2.99. The summed E-state index contributed by atoms with van der Waals surface area (Å²) < 4.78 is 10.4. The van der Waals surface area contributed by atoms with E-state index >= 15 is 0 Å². The zero-order valence-corrected chi connectivity index (χ0v) is 10.1. The summed E-state index contributed by atoms with van der Waals surface area (Å²) in [5.74, 6) is -0.171. The van der Waals surface area contributed by atoms with Crippen LogP contribution in [-0.4, -0.2) is 18.4 Å². The van der Waals surface area contributed by atoms with Gasteiger partial charge in [-0.1, -0.05) is 15.9 Å². The third-order valence-corrected chi connectivity index (χ3v) is 2.62. The number of rotatable bonds is 3. The van der Waals surface area contributed by atoms with Crippen LogP contribution in [0.2, 0.25) is 0 Å². The standard InChI is InChI=1S/C8H8Br2O3/c1-12-8(11)7-5(2-3-9)6(10)4-13-7/h4H,2-3H2,1H3. The predicted octanol–water partition coefficient (Wildman–Crippen LogP) is 2.77. The van der Waals surface area contributed by atoms with Crippen molar-refractivity contribution in [2.24, 2.45) is 0 Å². The highest BCUT2D eigenvalue weighted by Gasteiger charge is 2.18. The molecule has 0 N–H and O–H groups in total. The van der Waals surface area contributed by atoms with E-state index in [0.29, 0.717) is 0 Å². The molecule has 13 heavy (non-hydrogen) atoms. The highest BCUT2D eigenvalue weighted by atomic mass is 79.9. The van der Waals surface area contributed by atoms with E-state index in [1.165, 1.54) is 13.4 Å². The Labute approximate surface area is 92.7 Å². The fourth-order valence-corrected chi connectivity index (χ4v) is 1.82. The molecule has 0 atom stereocenters. The van der Waals surface area contributed by atoms with Gasteiger partial charge in [0.25, 0.3) is 0 Å². The molecule has 0 aromatic carbocycles. The van der Waals surface area contributed by atoms with Gasteiger partial charge in [0.1, 0.15) is 6.26 Å². The van der Waals surface area contributed by atoms with Crippen molar-refractivity contribution in [3.63, 3.8) is 0 Å². The van der Waals surface area contributed by atoms with Gasteiger partial charge in [0.2, 0.25) is 5.76 Å². The highest BCUT2D eigenvalue weighted by Crippen LogP contribution is 2.24. The molecule has 0 fully saturated rings. The van der Waals surface area contributed by atoms with E-state index in [2.05, 4.69) is 36.6 Å². The van der Waals surface area contributed by atoms with E-state index in [9.17, 15) is 4.79 Å². The first kappa shape index (κ1) is 10.8. The van der Waals surface area contributed by atoms with Gasteiger partial charge < -0.3 is 9.15 Å². The van der Waals surface area contributed by atoms with E-state index < -0.39 is 5.97 Å². The number of hydrogen-bond acceptors (Lipinski definition) is 3. The normalized spacial score (nSPS) is 10.1. The molecule has 0 aliphatic heterocycles. The van der Waals surface area contributed by atoms with Crippen molar-refractivity contribution >= 4 is 37.8 Å². The van der Waals surface area contributed by atoms with Crippen LogP contribution in [0, 0.1) is 0 Å². The summed E-state index contributed by atoms with van der Waals surface area (Å²) in [6.07, 6.45) is 2.21. The summed E-state index contributed by atoms with van der Waals surface area (Å²) in [7, 11) is 1.33. The summed E-state index contributed by atoms with van der Waals surface area (Å²) in [6.45, 7) is 0. The number of alkyl halides is 1. The summed E-state index contributed by atoms with van der Waals surface area (Å²) >= 11 is 6.59. The van der Waals surface area contributed by atoms with Gasteiger partial charge in [0.15, 0.2) is 0 Å². The maximum absolute atomic E-state index is 11.2. The molecule has 0 aliphatic rings. The minimum atomic E-state index is -0.443. The van der Waals surface area contributed by atoms with Gasteiger partial charge in [-0.05, 0) is 22.4 Å². The van der Waals surface area contributed by atoms with Gasteiger partial charge in [-0.2, -0.15) is 0 Å². The molecule has 1 heterocycles. The highest BCUT2D eigenvalue weighted by molar-refractivity contribution is 9.10. The Morgan fingerprint density at radius 3 is 2.92 bits per heavy atom. The lowest BCUT2D eigenvalue weighted by Crippen LogP contribution is -2.03. The van der Waals surface area contributed by atoms with Crippen LogP contribution >= 0.6 is 31.9 Å². The third-order valence-electron chi connectivity index (χ3n) is 1.56. The lowest BCUT2D eigenvalue weighted by atomic mass is 10.2. The molecule has 0 unspecified atom stereocenters. The quantitative estimate of drug-likeness (QED) is 0.636. The molecule has 0 bridgehead atoms. The molecular weight excluding hydrogens is 304 g/mol. The SMILES string of the molecule is COC(=O)c1occ(Br)c1CCBr. The van der Waals surface area contributed by atoms with Gasteiger partial charge in [0, 0.05) is 10.9 Å². The average Bonchev–Trinajstić information content (AvgIpc) is 2.48. The largest absolute Gasteiger partial charge is 0.463 e. The van der Waals surface area contributed by atoms with Crippen LogP contribution in [0.5, 0.6) is 0 Å². The van der Waals surface area contributed by atoms with Crippen LogP contribution in [0.4, 0.5) is 0 Å². The summed E-state index contributed by atoms with van der Waals surface area (Å²) in [5, 5.41) is 0.773. The lowest BCUT2D eigenvalue weighted by Gasteiger charge is -1.98. The van der Waals surface area contributed by atoms with Crippen LogP contribution in [0.25, 0.3) is 0 Å². The van der Waals surface area contributed by atoms with Crippen molar-refractivity contribution in [1.82, 2.24) is 0 Å². The smallest absolute Gasteiger partial charge is 0.374 e. The maximum Gasteiger partial charge on any atom is 0.374 e. The Hall–Kier alpha value is -0.290. The average molecular weight is 312 g/mol. The molecule has 0 radical (unpaired) electrons. The van der Waals surface area contributed by atoms with E-state index in [-0.39, 0.29) is 5.76 Å². The fraction of sp³-hybridized carbons (Fsp3) is 0.375. The molecule has 0 amide bonds. The second-order valence-corrected chi connectivity index (χ2v) is 3.97. The monoisotopic (exact) mass is 310 g/mol. The Morgan fingerprint density at radius 1 is 1.69 bits per heavy atom. The van der Waals surface area contributed by atoms with Crippen molar-refractivity contribution in [2.75, 3.05) is 12.4 Å². The van der Waals surface area contributed by atoms with Crippen molar-refractivity contribution in [3.05, 3.63) is 22.1 Å². The molecule has 0 saturated carbocycles. The van der Waals surface area contributed by atoms with E-state index in [1.807, 2.05) is 0 Å². The zero-order valence-electron chi connectivity index (χ0n) is 6.97. The van der Waals surface area contributed by atoms with Gasteiger partial charge in [-0.15, -0.1) is 0 Å². The van der Waals surface area contributed by atoms with Gasteiger partial charge in [-0.3, -0.25) is 0 Å². The molecule has 5 heteroatoms. The van der Waals surface area contributed by atoms with Crippen LogP contribution in [0.3, 0.4) is 0 Å². The maximum atomic E-state index is 11.2. The van der Waals surface area contributed by atoms with Gasteiger partial charge in [0.05, 0.1) is 11.6 Å². The first-order chi connectivity index (χ1) is 6.20. The van der Waals surface area contributed by atoms with Gasteiger partial charge >= 0.3 is 5.97 Å². The number of furan rings is 1. The zero-order chi connectivity index (χ0) is 9.84. The number of carbonyl (C=O) groups is 1. The molecule has 3 nitrogen and oxygen atoms in total. The first-order valence-corrected chi connectivity index (χ1v) is 5.52. The van der Waals surface area contributed by atoms with Crippen LogP contribution in [0.1, 0.15) is 16.1 Å². The summed E-state index contributed by atoms with van der Waals surface area (Å²) in [5.41, 5.74) is 0.837. The Kier molecular flexibility index (Phi) is 3.99. The molecule has 0 aliphatic carbocycles. The van der Waals surface area contributed by atoms with Crippen molar-refractivity contribution in [2.45, 2.75) is 6.42 Å². The molecular formula is C8H8Br2O3. The number of carbonyl (C=O) groups excluding carboxylic acids is 1. The van der Waals surface area contributed by atoms with Crippen LogP contribution in [-0.2, 0) is 11.2 Å². The molecule has 1 aromatic heterocycles. The number of esters is 1. The third kappa shape index (κ3) is 2.34. The second-order valence-electron chi connectivity index (χ2n) is 2.32. The Bertz CT molecular complexity index is 306. The fourth-order valence-electron chi connectivity index (χ4n) is 0.953. The Morgan fingerprint density at radius 2 is 2.38 bits per heavy atom. The van der Waals surface area contributed by atoms with Crippen LogP contribution in [0.15, 0.2) is 15.2 Å². The minimum Gasteiger partial charge on any atom is -0.463 e. The van der Waals surface area contributed by atoms with Crippen LogP contribution < -0.4 is 0 Å². The second kappa shape index (κ2) is 4.81. The van der Waals surface area contributed by atoms with E-state index in [0.717, 1.165) is 21.8 Å². The molecule has 0 saturated heterocycles. The minimum absolute atomic E-state index is 0.272. The van der Waals surface area contributed by atoms with Crippen molar-refractivity contribution in [1.29, 1.82) is 0 Å². The summed E-state index contributed by atoms with van der Waals surface area (Å²) in [4.78, 5) is 11.2. The first-order valence-electron chi connectivity index (χ1n) is 3.60. The molecule has 0 spiro atoms. The molecule has 1 aromatic rings. The number of halogens is 2. The van der Waals surface area contributed by atoms with E-state index in [4.69, 9.17) is 4.42 Å². The molecule has 1 rings (SSSR count). The van der Waals surface area contributed by atoms with Crippen molar-refractivity contribution < 1.29 is 13.9 Å². The number of hydrogen-bond donors (Lipinski definition) is 0. The van der Waals surface area contributed by atoms with Gasteiger partial charge in [-0.25, -0.2) is 4.79 Å². The van der Waals surface area contributed by atoms with Crippen molar-refractivity contribution in [3.8, 4) is 0 Å². The molecule has 72 valence electrons. The predicted molar refractivity (Wildman–Crippen MR) is 55.2 cm³/mol.